The standard InChI is InChI=1S/C23H26N8.HI/c1-2-25-23(26-14-19-8-10-22(11-9-19)31-18-24-17-29-31)27-15-20-6-3-4-7-21(20)16-30-13-5-12-28-30;/h3-13,17-18H,2,14-16H2,1H3,(H2,25,26,27);1H. The summed E-state index contributed by atoms with van der Waals surface area (Å²) in [4.78, 5) is 8.72. The summed E-state index contributed by atoms with van der Waals surface area (Å²) in [5.41, 5.74) is 4.56. The first-order valence-corrected chi connectivity index (χ1v) is 10.3. The van der Waals surface area contributed by atoms with E-state index in [0.29, 0.717) is 13.1 Å². The molecule has 2 N–H and O–H groups in total. The van der Waals surface area contributed by atoms with E-state index >= 15 is 0 Å². The van der Waals surface area contributed by atoms with Gasteiger partial charge in [0.1, 0.15) is 12.7 Å². The molecule has 0 radical (unpaired) electrons. The van der Waals surface area contributed by atoms with Crippen LogP contribution in [0.4, 0.5) is 0 Å². The molecule has 9 heteroatoms. The van der Waals surface area contributed by atoms with Crippen LogP contribution in [0.15, 0.2) is 84.6 Å². The number of nitrogens with zero attached hydrogens (tertiary/aromatic N) is 6. The molecule has 4 aromatic rings. The van der Waals surface area contributed by atoms with E-state index in [1.165, 1.54) is 17.5 Å². The smallest absolute Gasteiger partial charge is 0.191 e. The molecule has 0 saturated carbocycles. The molecule has 0 bridgehead atoms. The first-order chi connectivity index (χ1) is 15.3. The van der Waals surface area contributed by atoms with E-state index in [4.69, 9.17) is 4.99 Å². The molecule has 32 heavy (non-hydrogen) atoms. The number of hydrogen-bond donors (Lipinski definition) is 2. The van der Waals surface area contributed by atoms with Gasteiger partial charge in [-0.2, -0.15) is 10.2 Å². The van der Waals surface area contributed by atoms with E-state index in [0.717, 1.165) is 30.3 Å². The number of rotatable bonds is 8. The van der Waals surface area contributed by atoms with Crippen LogP contribution in [0.25, 0.3) is 5.69 Å². The Balaban J connectivity index is 0.00000289. The van der Waals surface area contributed by atoms with Crippen molar-refractivity contribution in [1.29, 1.82) is 0 Å². The topological polar surface area (TPSA) is 85.0 Å². The summed E-state index contributed by atoms with van der Waals surface area (Å²) in [7, 11) is 0. The fourth-order valence-corrected chi connectivity index (χ4v) is 3.24. The largest absolute Gasteiger partial charge is 0.357 e. The van der Waals surface area contributed by atoms with Crippen molar-refractivity contribution >= 4 is 29.9 Å². The van der Waals surface area contributed by atoms with Crippen LogP contribution >= 0.6 is 24.0 Å². The molecule has 0 unspecified atom stereocenters. The lowest BCUT2D eigenvalue weighted by atomic mass is 10.1. The van der Waals surface area contributed by atoms with Crippen LogP contribution in [0.1, 0.15) is 23.6 Å². The first kappa shape index (κ1) is 23.5. The lowest BCUT2D eigenvalue weighted by Crippen LogP contribution is -2.37. The number of guanidine groups is 1. The third kappa shape index (κ3) is 6.39. The molecule has 2 aromatic carbocycles. The van der Waals surface area contributed by atoms with Gasteiger partial charge >= 0.3 is 0 Å². The van der Waals surface area contributed by atoms with Gasteiger partial charge in [0.25, 0.3) is 0 Å². The summed E-state index contributed by atoms with van der Waals surface area (Å²) in [5.74, 6) is 0.789. The first-order valence-electron chi connectivity index (χ1n) is 10.3. The number of nitrogens with one attached hydrogen (secondary N) is 2. The van der Waals surface area contributed by atoms with Crippen molar-refractivity contribution in [2.24, 2.45) is 4.99 Å². The molecule has 0 aliphatic carbocycles. The van der Waals surface area contributed by atoms with Crippen LogP contribution < -0.4 is 10.6 Å². The second-order valence-electron chi connectivity index (χ2n) is 7.03. The van der Waals surface area contributed by atoms with Crippen molar-refractivity contribution in [3.63, 3.8) is 0 Å². The van der Waals surface area contributed by atoms with Gasteiger partial charge in [-0.3, -0.25) is 4.68 Å². The molecule has 0 saturated heterocycles. The Morgan fingerprint density at radius 1 is 0.969 bits per heavy atom. The Morgan fingerprint density at radius 3 is 2.47 bits per heavy atom. The van der Waals surface area contributed by atoms with E-state index < -0.39 is 0 Å². The minimum absolute atomic E-state index is 0. The number of benzene rings is 2. The van der Waals surface area contributed by atoms with Crippen LogP contribution in [0, 0.1) is 0 Å². The van der Waals surface area contributed by atoms with Gasteiger partial charge in [-0.15, -0.1) is 24.0 Å². The maximum atomic E-state index is 4.74. The van der Waals surface area contributed by atoms with E-state index in [-0.39, 0.29) is 24.0 Å². The molecule has 0 spiro atoms. The van der Waals surface area contributed by atoms with Gasteiger partial charge < -0.3 is 10.6 Å². The molecule has 0 aliphatic heterocycles. The molecule has 2 aromatic heterocycles. The second-order valence-corrected chi connectivity index (χ2v) is 7.03. The van der Waals surface area contributed by atoms with Crippen molar-refractivity contribution in [2.75, 3.05) is 6.54 Å². The third-order valence-electron chi connectivity index (χ3n) is 4.84. The second kappa shape index (κ2) is 12.0. The molecular weight excluding hydrogens is 515 g/mol. The molecule has 8 nitrogen and oxygen atoms in total. The van der Waals surface area contributed by atoms with Crippen LogP contribution in [0.3, 0.4) is 0 Å². The molecule has 166 valence electrons. The Kier molecular flexibility index (Phi) is 8.79. The zero-order chi connectivity index (χ0) is 21.3. The summed E-state index contributed by atoms with van der Waals surface area (Å²) in [6.45, 7) is 4.88. The van der Waals surface area contributed by atoms with Gasteiger partial charge in [-0.1, -0.05) is 36.4 Å². The van der Waals surface area contributed by atoms with E-state index in [1.807, 2.05) is 29.1 Å². The molecule has 4 rings (SSSR count). The lowest BCUT2D eigenvalue weighted by molar-refractivity contribution is 0.677. The van der Waals surface area contributed by atoms with Gasteiger partial charge in [-0.25, -0.2) is 14.7 Å². The van der Waals surface area contributed by atoms with E-state index in [2.05, 4.69) is 69.1 Å². The van der Waals surface area contributed by atoms with Crippen LogP contribution in [0.2, 0.25) is 0 Å². The number of aromatic nitrogens is 5. The molecule has 0 atom stereocenters. The zero-order valence-electron chi connectivity index (χ0n) is 17.9. The summed E-state index contributed by atoms with van der Waals surface area (Å²) in [5, 5.41) is 15.2. The van der Waals surface area contributed by atoms with E-state index in [1.54, 1.807) is 17.2 Å². The highest BCUT2D eigenvalue weighted by molar-refractivity contribution is 14.0. The number of hydrogen-bond acceptors (Lipinski definition) is 4. The average molecular weight is 542 g/mol. The molecule has 0 amide bonds. The summed E-state index contributed by atoms with van der Waals surface area (Å²) >= 11 is 0. The van der Waals surface area contributed by atoms with Gasteiger partial charge in [0.2, 0.25) is 0 Å². The SMILES string of the molecule is CCNC(=NCc1ccc(-n2cncn2)cc1)NCc1ccccc1Cn1cccn1.I. The van der Waals surface area contributed by atoms with Crippen molar-refractivity contribution in [3.05, 3.63) is 96.3 Å². The number of halogens is 1. The molecule has 0 fully saturated rings. The molecule has 0 aliphatic rings. The molecular formula is C23H27IN8. The highest BCUT2D eigenvalue weighted by Gasteiger charge is 2.05. The Labute approximate surface area is 204 Å². The van der Waals surface area contributed by atoms with Crippen molar-refractivity contribution in [3.8, 4) is 5.69 Å². The van der Waals surface area contributed by atoms with Crippen LogP contribution in [-0.4, -0.2) is 37.0 Å². The highest BCUT2D eigenvalue weighted by atomic mass is 127. The Bertz CT molecular complexity index is 1090. The Morgan fingerprint density at radius 2 is 1.78 bits per heavy atom. The van der Waals surface area contributed by atoms with Crippen molar-refractivity contribution in [1.82, 2.24) is 35.2 Å². The minimum atomic E-state index is 0. The summed E-state index contributed by atoms with van der Waals surface area (Å²) in [6, 6.07) is 18.5. The average Bonchev–Trinajstić information content (AvgIpc) is 3.51. The third-order valence-corrected chi connectivity index (χ3v) is 4.84. The summed E-state index contributed by atoms with van der Waals surface area (Å²) < 4.78 is 3.67. The molecule has 2 heterocycles. The summed E-state index contributed by atoms with van der Waals surface area (Å²) in [6.07, 6.45) is 6.99. The fourth-order valence-electron chi connectivity index (χ4n) is 3.24. The van der Waals surface area contributed by atoms with Crippen molar-refractivity contribution < 1.29 is 0 Å². The maximum Gasteiger partial charge on any atom is 0.191 e. The lowest BCUT2D eigenvalue weighted by Gasteiger charge is -2.14. The van der Waals surface area contributed by atoms with Gasteiger partial charge in [0.05, 0.1) is 18.8 Å². The fraction of sp³-hybridized carbons (Fsp3) is 0.217. The minimum Gasteiger partial charge on any atom is -0.357 e. The predicted molar refractivity (Wildman–Crippen MR) is 136 cm³/mol. The van der Waals surface area contributed by atoms with E-state index in [9.17, 15) is 0 Å². The van der Waals surface area contributed by atoms with Gasteiger partial charge in [-0.05, 0) is 41.8 Å². The van der Waals surface area contributed by atoms with Crippen LogP contribution in [0.5, 0.6) is 0 Å². The van der Waals surface area contributed by atoms with Gasteiger partial charge in [0.15, 0.2) is 5.96 Å². The quantitative estimate of drug-likeness (QED) is 0.203. The normalized spacial score (nSPS) is 11.1. The van der Waals surface area contributed by atoms with Gasteiger partial charge in [0, 0.05) is 25.5 Å². The highest BCUT2D eigenvalue weighted by Crippen LogP contribution is 2.11. The zero-order valence-corrected chi connectivity index (χ0v) is 20.3. The maximum absolute atomic E-state index is 4.74. The Hall–Kier alpha value is -3.21. The van der Waals surface area contributed by atoms with Crippen molar-refractivity contribution in [2.45, 2.75) is 26.6 Å². The monoisotopic (exact) mass is 542 g/mol. The van der Waals surface area contributed by atoms with Crippen LogP contribution in [-0.2, 0) is 19.6 Å². The number of aliphatic imine (C=N–C) groups is 1. The predicted octanol–water partition coefficient (Wildman–Crippen LogP) is 3.39.